The van der Waals surface area contributed by atoms with Gasteiger partial charge in [-0.3, -0.25) is 0 Å². The summed E-state index contributed by atoms with van der Waals surface area (Å²) < 4.78 is 26.1. The molecule has 2 amide bonds. The molecule has 0 spiro atoms. The maximum atomic E-state index is 13.0. The van der Waals surface area contributed by atoms with Gasteiger partial charge in [0.2, 0.25) is 0 Å². The molecule has 2 heterocycles. The summed E-state index contributed by atoms with van der Waals surface area (Å²) in [5.74, 6) is -2.62. The summed E-state index contributed by atoms with van der Waals surface area (Å²) in [6.07, 6.45) is 0.325. The van der Waals surface area contributed by atoms with Gasteiger partial charge in [0.25, 0.3) is 5.92 Å². The van der Waals surface area contributed by atoms with Gasteiger partial charge in [-0.15, -0.1) is 11.3 Å². The highest BCUT2D eigenvalue weighted by atomic mass is 32.1. The summed E-state index contributed by atoms with van der Waals surface area (Å²) in [6.45, 7) is 4.59. The Morgan fingerprint density at radius 1 is 1.45 bits per heavy atom. The van der Waals surface area contributed by atoms with Crippen molar-refractivity contribution in [3.63, 3.8) is 0 Å². The number of thiazole rings is 1. The Kier molecular flexibility index (Phi) is 4.57. The van der Waals surface area contributed by atoms with Crippen LogP contribution in [0.3, 0.4) is 0 Å². The average Bonchev–Trinajstić information content (AvgIpc) is 2.76. The summed E-state index contributed by atoms with van der Waals surface area (Å²) in [6, 6.07) is -0.270. The quantitative estimate of drug-likeness (QED) is 0.933. The number of hydrogen-bond acceptors (Lipinski definition) is 3. The zero-order valence-corrected chi connectivity index (χ0v) is 12.5. The van der Waals surface area contributed by atoms with Crippen LogP contribution in [0.5, 0.6) is 0 Å². The third kappa shape index (κ3) is 3.65. The predicted octanol–water partition coefficient (Wildman–Crippen LogP) is 2.95. The van der Waals surface area contributed by atoms with Crippen molar-refractivity contribution in [2.24, 2.45) is 0 Å². The van der Waals surface area contributed by atoms with Crippen LogP contribution in [0.4, 0.5) is 13.6 Å². The number of alkyl halides is 2. The van der Waals surface area contributed by atoms with Gasteiger partial charge in [0.1, 0.15) is 0 Å². The molecule has 0 aromatic carbocycles. The van der Waals surface area contributed by atoms with Crippen LogP contribution in [0, 0.1) is 6.92 Å². The number of urea groups is 1. The number of carbonyl (C=O) groups excluding carboxylic acids is 1. The van der Waals surface area contributed by atoms with Gasteiger partial charge in [-0.05, 0) is 13.3 Å². The van der Waals surface area contributed by atoms with Gasteiger partial charge in [0, 0.05) is 30.8 Å². The summed E-state index contributed by atoms with van der Waals surface area (Å²) in [5, 5.41) is 3.77. The molecule has 1 fully saturated rings. The van der Waals surface area contributed by atoms with E-state index in [-0.39, 0.29) is 32.0 Å². The van der Waals surface area contributed by atoms with Crippen molar-refractivity contribution in [2.75, 3.05) is 13.1 Å². The number of rotatable bonds is 3. The summed E-state index contributed by atoms with van der Waals surface area (Å²) in [4.78, 5) is 18.8. The zero-order valence-electron chi connectivity index (χ0n) is 11.7. The third-order valence-electron chi connectivity index (χ3n) is 3.40. The average molecular weight is 303 g/mol. The third-order valence-corrected chi connectivity index (χ3v) is 4.42. The van der Waals surface area contributed by atoms with E-state index in [4.69, 9.17) is 0 Å². The van der Waals surface area contributed by atoms with Crippen LogP contribution in [-0.4, -0.2) is 34.9 Å². The fourth-order valence-electron chi connectivity index (χ4n) is 2.23. The normalized spacial score (nSPS) is 18.1. The molecule has 1 saturated heterocycles. The molecule has 112 valence electrons. The predicted molar refractivity (Wildman–Crippen MR) is 74.2 cm³/mol. The maximum absolute atomic E-state index is 13.0. The second-order valence-corrected chi connectivity index (χ2v) is 6.25. The van der Waals surface area contributed by atoms with Gasteiger partial charge in [-0.2, -0.15) is 0 Å². The highest BCUT2D eigenvalue weighted by molar-refractivity contribution is 7.11. The highest BCUT2D eigenvalue weighted by Gasteiger charge is 2.35. The van der Waals surface area contributed by atoms with Gasteiger partial charge in [-0.1, -0.05) is 6.92 Å². The van der Waals surface area contributed by atoms with Crippen LogP contribution < -0.4 is 5.32 Å². The first-order chi connectivity index (χ1) is 9.41. The minimum absolute atomic E-state index is 0.112. The van der Waals surface area contributed by atoms with Gasteiger partial charge < -0.3 is 10.2 Å². The van der Waals surface area contributed by atoms with Crippen molar-refractivity contribution < 1.29 is 13.6 Å². The van der Waals surface area contributed by atoms with E-state index in [0.717, 1.165) is 22.0 Å². The number of piperidine rings is 1. The van der Waals surface area contributed by atoms with E-state index in [0.29, 0.717) is 6.54 Å². The fourth-order valence-corrected chi connectivity index (χ4v) is 3.20. The first-order valence-corrected chi connectivity index (χ1v) is 7.58. The first-order valence-electron chi connectivity index (χ1n) is 6.77. The maximum Gasteiger partial charge on any atom is 0.317 e. The Balaban J connectivity index is 1.86. The van der Waals surface area contributed by atoms with E-state index in [1.54, 1.807) is 11.3 Å². The molecule has 0 bridgehead atoms. The molecule has 20 heavy (non-hydrogen) atoms. The second-order valence-electron chi connectivity index (χ2n) is 4.96. The van der Waals surface area contributed by atoms with E-state index in [1.165, 1.54) is 4.90 Å². The summed E-state index contributed by atoms with van der Waals surface area (Å²) in [7, 11) is 0. The van der Waals surface area contributed by atoms with E-state index >= 15 is 0 Å². The molecule has 4 nitrogen and oxygen atoms in total. The van der Waals surface area contributed by atoms with Crippen LogP contribution in [0.1, 0.15) is 35.3 Å². The van der Waals surface area contributed by atoms with E-state index < -0.39 is 5.92 Å². The molecule has 0 radical (unpaired) electrons. The lowest BCUT2D eigenvalue weighted by Crippen LogP contribution is -2.47. The molecule has 2 rings (SSSR count). The number of likely N-dealkylation sites (tertiary alicyclic amines) is 1. The molecule has 1 aliphatic rings. The fraction of sp³-hybridized carbons (Fsp3) is 0.692. The van der Waals surface area contributed by atoms with Crippen molar-refractivity contribution in [3.05, 3.63) is 15.6 Å². The van der Waals surface area contributed by atoms with Crippen molar-refractivity contribution >= 4 is 17.4 Å². The minimum atomic E-state index is -2.62. The molecular formula is C13H19F2N3OS. The zero-order chi connectivity index (χ0) is 14.8. The van der Waals surface area contributed by atoms with Crippen molar-refractivity contribution in [3.8, 4) is 0 Å². The van der Waals surface area contributed by atoms with Crippen molar-refractivity contribution in [1.82, 2.24) is 15.2 Å². The highest BCUT2D eigenvalue weighted by Crippen LogP contribution is 2.27. The van der Waals surface area contributed by atoms with Crippen molar-refractivity contribution in [1.29, 1.82) is 0 Å². The molecule has 1 N–H and O–H groups in total. The summed E-state index contributed by atoms with van der Waals surface area (Å²) in [5.41, 5.74) is 0.998. The smallest absolute Gasteiger partial charge is 0.317 e. The van der Waals surface area contributed by atoms with Crippen LogP contribution in [-0.2, 0) is 13.0 Å². The molecule has 7 heteroatoms. The van der Waals surface area contributed by atoms with Gasteiger partial charge in [0.05, 0.1) is 17.2 Å². The number of nitrogens with one attached hydrogen (secondary N) is 1. The Hall–Kier alpha value is -1.24. The molecule has 1 aromatic heterocycles. The standard InChI is InChI=1S/C13H19F2N3OS/c1-3-10-11(20-9(2)17-10)8-16-12(19)18-6-4-13(14,15)5-7-18/h3-8H2,1-2H3,(H,16,19). The topological polar surface area (TPSA) is 45.2 Å². The number of aromatic nitrogens is 1. The number of carbonyl (C=O) groups is 1. The SMILES string of the molecule is CCc1nc(C)sc1CNC(=O)N1CCC(F)(F)CC1. The molecule has 0 aliphatic carbocycles. The van der Waals surface area contributed by atoms with E-state index in [2.05, 4.69) is 10.3 Å². The van der Waals surface area contributed by atoms with Crippen LogP contribution >= 0.6 is 11.3 Å². The van der Waals surface area contributed by atoms with Gasteiger partial charge in [-0.25, -0.2) is 18.6 Å². The molecule has 0 saturated carbocycles. The molecule has 1 aromatic rings. The van der Waals surface area contributed by atoms with E-state index in [9.17, 15) is 13.6 Å². The number of halogens is 2. The minimum Gasteiger partial charge on any atom is -0.333 e. The Morgan fingerprint density at radius 2 is 2.10 bits per heavy atom. The largest absolute Gasteiger partial charge is 0.333 e. The summed E-state index contributed by atoms with van der Waals surface area (Å²) >= 11 is 1.56. The van der Waals surface area contributed by atoms with Crippen LogP contribution in [0.15, 0.2) is 0 Å². The molecule has 1 aliphatic heterocycles. The number of aryl methyl sites for hydroxylation is 2. The van der Waals surface area contributed by atoms with Gasteiger partial charge in [0.15, 0.2) is 0 Å². The number of nitrogens with zero attached hydrogens (tertiary/aromatic N) is 2. The molecular weight excluding hydrogens is 284 g/mol. The van der Waals surface area contributed by atoms with Crippen LogP contribution in [0.2, 0.25) is 0 Å². The van der Waals surface area contributed by atoms with Crippen LogP contribution in [0.25, 0.3) is 0 Å². The number of hydrogen-bond donors (Lipinski definition) is 1. The second kappa shape index (κ2) is 6.03. The molecule has 0 unspecified atom stereocenters. The Labute approximate surface area is 121 Å². The Bertz CT molecular complexity index is 480. The lowest BCUT2D eigenvalue weighted by molar-refractivity contribution is -0.0469. The monoisotopic (exact) mass is 303 g/mol. The molecule has 0 atom stereocenters. The first kappa shape index (κ1) is 15.2. The van der Waals surface area contributed by atoms with Crippen molar-refractivity contribution in [2.45, 2.75) is 45.6 Å². The lowest BCUT2D eigenvalue weighted by Gasteiger charge is -2.31. The lowest BCUT2D eigenvalue weighted by atomic mass is 10.1. The van der Waals surface area contributed by atoms with Gasteiger partial charge >= 0.3 is 6.03 Å². The Morgan fingerprint density at radius 3 is 2.70 bits per heavy atom. The van der Waals surface area contributed by atoms with E-state index in [1.807, 2.05) is 13.8 Å². The number of amides is 2.